The first kappa shape index (κ1) is 5.56. The summed E-state index contributed by atoms with van der Waals surface area (Å²) in [6.07, 6.45) is 0. The number of aromatic nitrogens is 1. The van der Waals surface area contributed by atoms with E-state index in [9.17, 15) is 4.79 Å². The van der Waals surface area contributed by atoms with Crippen molar-refractivity contribution in [3.8, 4) is 0 Å². The molecule has 0 saturated carbocycles. The van der Waals surface area contributed by atoms with Crippen molar-refractivity contribution >= 4 is 11.5 Å². The Balaban J connectivity index is 3.11. The number of aryl methyl sites for hydroxylation is 1. The lowest BCUT2D eigenvalue weighted by Crippen LogP contribution is -2.09. The third kappa shape index (κ3) is 0.816. The molecule has 0 aromatic carbocycles. The van der Waals surface area contributed by atoms with Gasteiger partial charge in [-0.05, 0) is 6.92 Å². The van der Waals surface area contributed by atoms with Crippen molar-refractivity contribution < 1.29 is 0 Å². The van der Waals surface area contributed by atoms with Crippen molar-refractivity contribution in [2.45, 2.75) is 13.5 Å². The summed E-state index contributed by atoms with van der Waals surface area (Å²) in [5.41, 5.74) is -0.0162. The van der Waals surface area contributed by atoms with Crippen LogP contribution >= 0.6 is 11.5 Å². The number of rotatable bonds is 1. The van der Waals surface area contributed by atoms with Crippen molar-refractivity contribution in [2.24, 2.45) is 0 Å². The Morgan fingerprint density at radius 3 is 3.00 bits per heavy atom. The molecule has 43 valence electrons. The molecule has 0 amide bonds. The van der Waals surface area contributed by atoms with Gasteiger partial charge < -0.3 is 0 Å². The van der Waals surface area contributed by atoms with E-state index in [0.29, 0.717) is 0 Å². The molecule has 0 atom stereocenters. The van der Waals surface area contributed by atoms with Crippen LogP contribution < -0.4 is 5.56 Å². The molecule has 1 aromatic heterocycles. The molecule has 1 aromatic rings. The van der Waals surface area contributed by atoms with Crippen molar-refractivity contribution in [2.75, 3.05) is 0 Å². The molecular formula is C5H6NOS. The van der Waals surface area contributed by atoms with Gasteiger partial charge in [-0.15, -0.1) is 0 Å². The quantitative estimate of drug-likeness (QED) is 0.546. The average molecular weight is 128 g/mol. The second-order valence-corrected chi connectivity index (χ2v) is 2.25. The second kappa shape index (κ2) is 2.13. The molecule has 0 saturated heterocycles. The Morgan fingerprint density at radius 1 is 2.00 bits per heavy atom. The fourth-order valence-corrected chi connectivity index (χ4v) is 1.06. The fraction of sp³-hybridized carbons (Fsp3) is 0.400. The second-order valence-electron chi connectivity index (χ2n) is 1.37. The van der Waals surface area contributed by atoms with E-state index in [2.05, 4.69) is 6.07 Å². The zero-order chi connectivity index (χ0) is 5.98. The third-order valence-corrected chi connectivity index (χ3v) is 1.78. The van der Waals surface area contributed by atoms with Crippen molar-refractivity contribution in [1.29, 1.82) is 0 Å². The van der Waals surface area contributed by atoms with Gasteiger partial charge in [-0.2, -0.15) is 0 Å². The summed E-state index contributed by atoms with van der Waals surface area (Å²) in [7, 11) is 0. The van der Waals surface area contributed by atoms with Gasteiger partial charge in [0, 0.05) is 11.9 Å². The molecular weight excluding hydrogens is 122 g/mol. The van der Waals surface area contributed by atoms with Crippen LogP contribution in [0.1, 0.15) is 6.92 Å². The molecule has 0 fully saturated rings. The Labute approximate surface area is 51.5 Å². The van der Waals surface area contributed by atoms with Crippen molar-refractivity contribution in [3.63, 3.8) is 0 Å². The largest absolute Gasteiger partial charge is 0.268 e. The zero-order valence-electron chi connectivity index (χ0n) is 4.55. The molecule has 0 bridgehead atoms. The monoisotopic (exact) mass is 128 g/mol. The summed E-state index contributed by atoms with van der Waals surface area (Å²) in [5, 5.41) is 1.67. The fourth-order valence-electron chi connectivity index (χ4n) is 0.478. The predicted octanol–water partition coefficient (Wildman–Crippen LogP) is 0.730. The summed E-state index contributed by atoms with van der Waals surface area (Å²) in [6, 6.07) is 2.55. The molecule has 0 unspecified atom stereocenters. The lowest BCUT2D eigenvalue weighted by molar-refractivity contribution is 0.809. The lowest BCUT2D eigenvalue weighted by Gasteiger charge is -1.86. The summed E-state index contributed by atoms with van der Waals surface area (Å²) in [4.78, 5) is 10.6. The highest BCUT2D eigenvalue weighted by molar-refractivity contribution is 7.04. The summed E-state index contributed by atoms with van der Waals surface area (Å²) < 4.78 is 1.64. The Hall–Kier alpha value is -0.570. The van der Waals surface area contributed by atoms with Gasteiger partial charge in [0.2, 0.25) is 0 Å². The Morgan fingerprint density at radius 2 is 2.75 bits per heavy atom. The van der Waals surface area contributed by atoms with Gasteiger partial charge in [0.1, 0.15) is 0 Å². The Bertz CT molecular complexity index is 212. The van der Waals surface area contributed by atoms with Gasteiger partial charge in [0.05, 0.1) is 6.07 Å². The molecule has 0 aliphatic heterocycles. The van der Waals surface area contributed by atoms with Crippen LogP contribution in [0.4, 0.5) is 0 Å². The molecule has 0 N–H and O–H groups in total. The average Bonchev–Trinajstić information content (AvgIpc) is 2.14. The van der Waals surface area contributed by atoms with Crippen LogP contribution in [0, 0.1) is 6.07 Å². The van der Waals surface area contributed by atoms with Gasteiger partial charge >= 0.3 is 0 Å². The van der Waals surface area contributed by atoms with Crippen molar-refractivity contribution in [3.05, 3.63) is 21.8 Å². The van der Waals surface area contributed by atoms with E-state index in [1.165, 1.54) is 11.5 Å². The molecule has 1 rings (SSSR count). The Kier molecular flexibility index (Phi) is 1.48. The van der Waals surface area contributed by atoms with Crippen molar-refractivity contribution in [1.82, 2.24) is 3.96 Å². The molecule has 8 heavy (non-hydrogen) atoms. The van der Waals surface area contributed by atoms with E-state index in [0.717, 1.165) is 6.54 Å². The maximum Gasteiger partial charge on any atom is 0.268 e. The van der Waals surface area contributed by atoms with E-state index in [1.54, 1.807) is 9.34 Å². The van der Waals surface area contributed by atoms with E-state index in [1.807, 2.05) is 6.92 Å². The molecule has 3 heteroatoms. The zero-order valence-corrected chi connectivity index (χ0v) is 5.36. The van der Waals surface area contributed by atoms with Gasteiger partial charge in [-0.3, -0.25) is 8.75 Å². The van der Waals surface area contributed by atoms with Crippen LogP contribution in [-0.4, -0.2) is 3.96 Å². The van der Waals surface area contributed by atoms with Gasteiger partial charge in [-0.1, -0.05) is 11.5 Å². The first-order chi connectivity index (χ1) is 3.84. The van der Waals surface area contributed by atoms with Crippen LogP contribution in [0.25, 0.3) is 0 Å². The molecule has 0 aliphatic rings. The maximum atomic E-state index is 10.6. The lowest BCUT2D eigenvalue weighted by atomic mass is 10.7. The topological polar surface area (TPSA) is 22.0 Å². The van der Waals surface area contributed by atoms with E-state index < -0.39 is 0 Å². The first-order valence-electron chi connectivity index (χ1n) is 2.41. The number of hydrogen-bond donors (Lipinski definition) is 0. The van der Waals surface area contributed by atoms with E-state index >= 15 is 0 Å². The number of hydrogen-bond acceptors (Lipinski definition) is 2. The van der Waals surface area contributed by atoms with E-state index in [4.69, 9.17) is 0 Å². The van der Waals surface area contributed by atoms with Crippen LogP contribution in [0.2, 0.25) is 0 Å². The van der Waals surface area contributed by atoms with E-state index in [-0.39, 0.29) is 5.56 Å². The van der Waals surface area contributed by atoms with Crippen LogP contribution in [-0.2, 0) is 6.54 Å². The summed E-state index contributed by atoms with van der Waals surface area (Å²) in [6.45, 7) is 2.69. The minimum absolute atomic E-state index is 0.0162. The third-order valence-electron chi connectivity index (χ3n) is 0.876. The standard InChI is InChI=1S/C5H6NOS/c1-2-6-5(7)3-4-8-6/h4H,2H2,1H3. The predicted molar refractivity (Wildman–Crippen MR) is 33.1 cm³/mol. The molecule has 0 spiro atoms. The molecule has 0 aliphatic carbocycles. The van der Waals surface area contributed by atoms with Gasteiger partial charge in [0.15, 0.2) is 0 Å². The van der Waals surface area contributed by atoms with Gasteiger partial charge in [-0.25, -0.2) is 0 Å². The van der Waals surface area contributed by atoms with Crippen LogP contribution in [0.3, 0.4) is 0 Å². The minimum atomic E-state index is -0.0162. The minimum Gasteiger partial charge on any atom is -0.268 e. The van der Waals surface area contributed by atoms with Crippen LogP contribution in [0.15, 0.2) is 10.2 Å². The number of nitrogens with zero attached hydrogens (tertiary/aromatic N) is 1. The molecule has 2 nitrogen and oxygen atoms in total. The van der Waals surface area contributed by atoms with Gasteiger partial charge in [0.25, 0.3) is 5.56 Å². The SMILES string of the molecule is CCn1sc[c]c1=O. The highest BCUT2D eigenvalue weighted by Gasteiger charge is 1.89. The maximum absolute atomic E-state index is 10.6. The molecule has 1 heterocycles. The highest BCUT2D eigenvalue weighted by atomic mass is 32.1. The van der Waals surface area contributed by atoms with Crippen LogP contribution in [0.5, 0.6) is 0 Å². The normalized spacial score (nSPS) is 9.62. The summed E-state index contributed by atoms with van der Waals surface area (Å²) in [5.74, 6) is 0. The first-order valence-corrected chi connectivity index (χ1v) is 3.24. The summed E-state index contributed by atoms with van der Waals surface area (Å²) >= 11 is 1.40. The molecule has 1 radical (unpaired) electrons. The highest BCUT2D eigenvalue weighted by Crippen LogP contribution is 1.88. The smallest absolute Gasteiger partial charge is 0.268 e.